The van der Waals surface area contributed by atoms with Crippen molar-refractivity contribution in [1.82, 2.24) is 9.97 Å². The first-order valence-corrected chi connectivity index (χ1v) is 9.04. The van der Waals surface area contributed by atoms with Gasteiger partial charge < -0.3 is 20.8 Å². The van der Waals surface area contributed by atoms with Gasteiger partial charge >= 0.3 is 0 Å². The molecule has 0 bridgehead atoms. The summed E-state index contributed by atoms with van der Waals surface area (Å²) < 4.78 is 5.36. The second-order valence-corrected chi connectivity index (χ2v) is 6.66. The molecule has 26 heavy (non-hydrogen) atoms. The maximum atomic E-state index is 5.59. The number of ether oxygens (including phenoxy) is 1. The Kier molecular flexibility index (Phi) is 4.39. The molecule has 0 atom stereocenters. The van der Waals surface area contributed by atoms with Gasteiger partial charge in [0, 0.05) is 23.5 Å². The molecule has 0 saturated carbocycles. The first-order valence-electron chi connectivity index (χ1n) is 9.04. The molecule has 0 amide bonds. The Bertz CT molecular complexity index is 1080. The van der Waals surface area contributed by atoms with E-state index in [9.17, 15) is 0 Å². The Balaban J connectivity index is 1.90. The number of H-pyrrole nitrogens is 1. The van der Waals surface area contributed by atoms with Gasteiger partial charge in [-0.2, -0.15) is 0 Å². The van der Waals surface area contributed by atoms with E-state index in [2.05, 4.69) is 46.5 Å². The van der Waals surface area contributed by atoms with Gasteiger partial charge in [-0.25, -0.2) is 4.98 Å². The second kappa shape index (κ2) is 6.84. The highest BCUT2D eigenvalue weighted by Gasteiger charge is 2.14. The standard InChI is InChI=1S/C21H24N4O/c1-13-12-24-21(23-10-4-3-9-22)18-17-7-5-14-11-15(26-2)6-8-16(14)20(17)25-19(13)18/h5-8,11-12,25H,3-4,9-10,22H2,1-2H3,(H,23,24). The average Bonchev–Trinajstić information content (AvgIpc) is 3.07. The maximum absolute atomic E-state index is 5.59. The van der Waals surface area contributed by atoms with Gasteiger partial charge in [0.2, 0.25) is 0 Å². The Labute approximate surface area is 152 Å². The lowest BCUT2D eigenvalue weighted by molar-refractivity contribution is 0.415. The summed E-state index contributed by atoms with van der Waals surface area (Å²) in [5.74, 6) is 1.80. The van der Waals surface area contributed by atoms with Crippen molar-refractivity contribution in [2.24, 2.45) is 5.73 Å². The van der Waals surface area contributed by atoms with E-state index < -0.39 is 0 Å². The zero-order chi connectivity index (χ0) is 18.1. The van der Waals surface area contributed by atoms with Gasteiger partial charge in [-0.1, -0.05) is 12.1 Å². The molecule has 5 heteroatoms. The number of unbranched alkanes of at least 4 members (excludes halogenated alkanes) is 1. The monoisotopic (exact) mass is 348 g/mol. The third-order valence-electron chi connectivity index (χ3n) is 4.94. The van der Waals surface area contributed by atoms with Crippen LogP contribution in [0.5, 0.6) is 5.75 Å². The highest BCUT2D eigenvalue weighted by molar-refractivity contribution is 6.20. The fourth-order valence-corrected chi connectivity index (χ4v) is 3.54. The number of hydrogen-bond acceptors (Lipinski definition) is 4. The van der Waals surface area contributed by atoms with E-state index in [4.69, 9.17) is 10.5 Å². The largest absolute Gasteiger partial charge is 0.497 e. The summed E-state index contributed by atoms with van der Waals surface area (Å²) in [6, 6.07) is 10.5. The van der Waals surface area contributed by atoms with E-state index in [1.165, 1.54) is 10.8 Å². The number of aromatic nitrogens is 2. The molecule has 2 aromatic heterocycles. The minimum atomic E-state index is 0.723. The number of rotatable bonds is 6. The summed E-state index contributed by atoms with van der Waals surface area (Å²) in [6.45, 7) is 3.69. The minimum absolute atomic E-state index is 0.723. The molecule has 5 nitrogen and oxygen atoms in total. The van der Waals surface area contributed by atoms with Crippen LogP contribution in [0, 0.1) is 6.92 Å². The number of nitrogens with one attached hydrogen (secondary N) is 2. The van der Waals surface area contributed by atoms with Crippen molar-refractivity contribution in [3.8, 4) is 5.75 Å². The van der Waals surface area contributed by atoms with Gasteiger partial charge in [0.1, 0.15) is 11.6 Å². The molecule has 0 aliphatic rings. The van der Waals surface area contributed by atoms with Crippen molar-refractivity contribution >= 4 is 38.4 Å². The molecule has 0 aliphatic carbocycles. The predicted octanol–water partition coefficient (Wildman–Crippen LogP) is 4.34. The summed E-state index contributed by atoms with van der Waals surface area (Å²) in [5.41, 5.74) is 9.01. The molecule has 4 rings (SSSR count). The lowest BCUT2D eigenvalue weighted by atomic mass is 10.1. The number of nitrogens with two attached hydrogens (primary N) is 1. The zero-order valence-corrected chi connectivity index (χ0v) is 15.2. The summed E-state index contributed by atoms with van der Waals surface area (Å²) >= 11 is 0. The number of anilines is 1. The Morgan fingerprint density at radius 3 is 2.77 bits per heavy atom. The lowest BCUT2D eigenvalue weighted by Gasteiger charge is -2.08. The van der Waals surface area contributed by atoms with Crippen LogP contribution in [-0.2, 0) is 0 Å². The molecular weight excluding hydrogens is 324 g/mol. The van der Waals surface area contributed by atoms with Crippen LogP contribution in [0.25, 0.3) is 32.6 Å². The third kappa shape index (κ3) is 2.74. The van der Waals surface area contributed by atoms with Crippen molar-refractivity contribution in [3.05, 3.63) is 42.1 Å². The van der Waals surface area contributed by atoms with E-state index in [-0.39, 0.29) is 0 Å². The van der Waals surface area contributed by atoms with Gasteiger partial charge in [-0.15, -0.1) is 0 Å². The van der Waals surface area contributed by atoms with E-state index in [1.54, 1.807) is 7.11 Å². The quantitative estimate of drug-likeness (QED) is 0.453. The molecule has 2 heterocycles. The molecule has 0 aliphatic heterocycles. The van der Waals surface area contributed by atoms with Crippen LogP contribution in [0.15, 0.2) is 36.5 Å². The molecule has 0 saturated heterocycles. The van der Waals surface area contributed by atoms with Crippen molar-refractivity contribution in [2.45, 2.75) is 19.8 Å². The van der Waals surface area contributed by atoms with Gasteiger partial charge in [-0.05, 0) is 55.5 Å². The highest BCUT2D eigenvalue weighted by atomic mass is 16.5. The number of nitrogens with zero attached hydrogens (tertiary/aromatic N) is 1. The van der Waals surface area contributed by atoms with Gasteiger partial charge in [0.15, 0.2) is 0 Å². The number of aromatic amines is 1. The second-order valence-electron chi connectivity index (χ2n) is 6.66. The Hall–Kier alpha value is -2.79. The first kappa shape index (κ1) is 16.7. The normalized spacial score (nSPS) is 11.5. The van der Waals surface area contributed by atoms with Gasteiger partial charge in [-0.3, -0.25) is 0 Å². The lowest BCUT2D eigenvalue weighted by Crippen LogP contribution is -2.07. The van der Waals surface area contributed by atoms with Crippen molar-refractivity contribution in [3.63, 3.8) is 0 Å². The predicted molar refractivity (Wildman–Crippen MR) is 109 cm³/mol. The van der Waals surface area contributed by atoms with Gasteiger partial charge in [0.05, 0.1) is 23.5 Å². The van der Waals surface area contributed by atoms with Crippen LogP contribution in [0.2, 0.25) is 0 Å². The molecule has 0 fully saturated rings. The molecule has 134 valence electrons. The van der Waals surface area contributed by atoms with Crippen molar-refractivity contribution < 1.29 is 4.74 Å². The van der Waals surface area contributed by atoms with Crippen LogP contribution >= 0.6 is 0 Å². The molecule has 0 radical (unpaired) electrons. The van der Waals surface area contributed by atoms with E-state index in [0.717, 1.165) is 64.9 Å². The maximum Gasteiger partial charge on any atom is 0.136 e. The number of pyridine rings is 1. The van der Waals surface area contributed by atoms with E-state index in [0.29, 0.717) is 0 Å². The summed E-state index contributed by atoms with van der Waals surface area (Å²) in [4.78, 5) is 8.28. The molecule has 0 spiro atoms. The highest BCUT2D eigenvalue weighted by Crippen LogP contribution is 2.36. The van der Waals surface area contributed by atoms with Crippen LogP contribution in [0.3, 0.4) is 0 Å². The third-order valence-corrected chi connectivity index (χ3v) is 4.94. The zero-order valence-electron chi connectivity index (χ0n) is 15.2. The van der Waals surface area contributed by atoms with Crippen LogP contribution in [0.4, 0.5) is 5.82 Å². The summed E-state index contributed by atoms with van der Waals surface area (Å²) in [5, 5.41) is 8.18. The number of benzene rings is 2. The van der Waals surface area contributed by atoms with Crippen molar-refractivity contribution in [1.29, 1.82) is 0 Å². The number of methoxy groups -OCH3 is 1. The number of aryl methyl sites for hydroxylation is 1. The van der Waals surface area contributed by atoms with Crippen LogP contribution in [-0.4, -0.2) is 30.2 Å². The molecule has 4 aromatic rings. The smallest absolute Gasteiger partial charge is 0.136 e. The number of hydrogen-bond donors (Lipinski definition) is 3. The number of fused-ring (bicyclic) bond motifs is 5. The first-order chi connectivity index (χ1) is 12.7. The van der Waals surface area contributed by atoms with Crippen LogP contribution < -0.4 is 15.8 Å². The topological polar surface area (TPSA) is 76.0 Å². The molecular formula is C21H24N4O. The fourth-order valence-electron chi connectivity index (χ4n) is 3.54. The van der Waals surface area contributed by atoms with E-state index in [1.807, 2.05) is 12.3 Å². The summed E-state index contributed by atoms with van der Waals surface area (Å²) in [6.07, 6.45) is 3.98. The Morgan fingerprint density at radius 1 is 1.12 bits per heavy atom. The molecule has 4 N–H and O–H groups in total. The SMILES string of the molecule is COc1ccc2c(ccc3c2[nH]c2c(C)cnc(NCCCCN)c23)c1. The fraction of sp³-hybridized carbons (Fsp3) is 0.286. The Morgan fingerprint density at radius 2 is 1.96 bits per heavy atom. The molecule has 2 aromatic carbocycles. The van der Waals surface area contributed by atoms with Crippen molar-refractivity contribution in [2.75, 3.05) is 25.5 Å². The summed E-state index contributed by atoms with van der Waals surface area (Å²) in [7, 11) is 1.69. The minimum Gasteiger partial charge on any atom is -0.497 e. The average molecular weight is 348 g/mol. The van der Waals surface area contributed by atoms with Crippen LogP contribution in [0.1, 0.15) is 18.4 Å². The molecule has 0 unspecified atom stereocenters. The van der Waals surface area contributed by atoms with E-state index >= 15 is 0 Å². The van der Waals surface area contributed by atoms with Gasteiger partial charge in [0.25, 0.3) is 0 Å².